The molecule has 1 aromatic heterocycles. The molecule has 1 heterocycles. The Kier molecular flexibility index (Phi) is 8.04. The van der Waals surface area contributed by atoms with E-state index in [9.17, 15) is 5.11 Å². The minimum Gasteiger partial charge on any atom is -0.393 e. The van der Waals surface area contributed by atoms with E-state index >= 15 is 0 Å². The summed E-state index contributed by atoms with van der Waals surface area (Å²) in [4.78, 5) is 1.68. The highest BCUT2D eigenvalue weighted by molar-refractivity contribution is 5.73. The van der Waals surface area contributed by atoms with E-state index in [1.54, 1.807) is 4.80 Å². The number of nitrogens with zero attached hydrogens (tertiary/aromatic N) is 3. The summed E-state index contributed by atoms with van der Waals surface area (Å²) in [6.45, 7) is 2.25. The minimum atomic E-state index is -0.278. The van der Waals surface area contributed by atoms with Crippen molar-refractivity contribution in [2.75, 3.05) is 0 Å². The molecule has 0 radical (unpaired) electrons. The lowest BCUT2D eigenvalue weighted by atomic mass is 10.0. The van der Waals surface area contributed by atoms with Crippen LogP contribution in [0.5, 0.6) is 0 Å². The molecule has 3 rings (SSSR count). The van der Waals surface area contributed by atoms with Crippen LogP contribution in [0.3, 0.4) is 0 Å². The Morgan fingerprint density at radius 2 is 1.46 bits per heavy atom. The van der Waals surface area contributed by atoms with Crippen molar-refractivity contribution in [3.05, 3.63) is 54.1 Å². The second-order valence-corrected chi connectivity index (χ2v) is 7.77. The van der Waals surface area contributed by atoms with E-state index in [4.69, 9.17) is 0 Å². The molecule has 0 aliphatic rings. The van der Waals surface area contributed by atoms with Crippen LogP contribution in [-0.2, 0) is 6.42 Å². The lowest BCUT2D eigenvalue weighted by Crippen LogP contribution is -2.10. The summed E-state index contributed by atoms with van der Waals surface area (Å²) in [5.41, 5.74) is 3.85. The van der Waals surface area contributed by atoms with Crippen LogP contribution in [0.2, 0.25) is 0 Å². The quantitative estimate of drug-likeness (QED) is 0.401. The molecule has 1 N–H and O–H groups in total. The third kappa shape index (κ3) is 6.16. The Labute approximate surface area is 168 Å². The van der Waals surface area contributed by atoms with Gasteiger partial charge in [-0.2, -0.15) is 4.80 Å². The van der Waals surface area contributed by atoms with Crippen molar-refractivity contribution in [1.82, 2.24) is 15.0 Å². The zero-order valence-electron chi connectivity index (χ0n) is 17.1. The van der Waals surface area contributed by atoms with Gasteiger partial charge < -0.3 is 5.11 Å². The third-order valence-electron chi connectivity index (χ3n) is 5.29. The molecule has 0 spiro atoms. The molecular formula is C24H33N3O. The molecule has 4 heteroatoms. The first-order valence-corrected chi connectivity index (χ1v) is 10.9. The van der Waals surface area contributed by atoms with E-state index in [2.05, 4.69) is 29.3 Å². The van der Waals surface area contributed by atoms with Crippen LogP contribution in [0.25, 0.3) is 16.7 Å². The summed E-state index contributed by atoms with van der Waals surface area (Å²) in [6, 6.07) is 16.1. The van der Waals surface area contributed by atoms with Crippen LogP contribution in [0.4, 0.5) is 0 Å². The molecule has 0 saturated heterocycles. The van der Waals surface area contributed by atoms with Crippen molar-refractivity contribution >= 4 is 11.0 Å². The van der Waals surface area contributed by atoms with Gasteiger partial charge in [-0.1, -0.05) is 82.6 Å². The van der Waals surface area contributed by atoms with Crippen LogP contribution < -0.4 is 0 Å². The summed E-state index contributed by atoms with van der Waals surface area (Å²) >= 11 is 0. The van der Waals surface area contributed by atoms with Gasteiger partial charge in [-0.15, -0.1) is 10.2 Å². The Bertz CT molecular complexity index is 809. The molecule has 2 aromatic carbocycles. The van der Waals surface area contributed by atoms with Gasteiger partial charge in [-0.3, -0.25) is 0 Å². The van der Waals surface area contributed by atoms with Crippen molar-refractivity contribution in [3.63, 3.8) is 0 Å². The molecule has 150 valence electrons. The van der Waals surface area contributed by atoms with Crippen molar-refractivity contribution in [3.8, 4) is 5.69 Å². The van der Waals surface area contributed by atoms with Crippen molar-refractivity contribution < 1.29 is 5.11 Å². The average Bonchev–Trinajstić information content (AvgIpc) is 3.14. The van der Waals surface area contributed by atoms with Crippen LogP contribution in [0.1, 0.15) is 70.3 Å². The van der Waals surface area contributed by atoms with Gasteiger partial charge in [0.25, 0.3) is 0 Å². The number of fused-ring (bicyclic) bond motifs is 1. The molecule has 0 saturated carbocycles. The van der Waals surface area contributed by atoms with Crippen LogP contribution in [-0.4, -0.2) is 26.2 Å². The van der Waals surface area contributed by atoms with E-state index < -0.39 is 0 Å². The van der Waals surface area contributed by atoms with Crippen molar-refractivity contribution in [1.29, 1.82) is 0 Å². The first kappa shape index (κ1) is 20.5. The highest BCUT2D eigenvalue weighted by atomic mass is 16.3. The number of benzene rings is 2. The molecule has 0 aliphatic carbocycles. The van der Waals surface area contributed by atoms with Crippen LogP contribution in [0.15, 0.2) is 48.5 Å². The highest BCUT2D eigenvalue weighted by Gasteiger charge is 2.08. The fraction of sp³-hybridized carbons (Fsp3) is 0.500. The van der Waals surface area contributed by atoms with E-state index in [1.165, 1.54) is 44.9 Å². The first-order valence-electron chi connectivity index (χ1n) is 10.9. The SMILES string of the molecule is CCCCCCCCCCC(O)Cc1cccc(-n2nc3ccccc3n2)c1. The van der Waals surface area contributed by atoms with E-state index in [0.717, 1.165) is 35.1 Å². The molecule has 0 aliphatic heterocycles. The molecule has 1 unspecified atom stereocenters. The third-order valence-corrected chi connectivity index (χ3v) is 5.29. The number of aliphatic hydroxyl groups excluding tert-OH is 1. The summed E-state index contributed by atoms with van der Waals surface area (Å²) < 4.78 is 0. The predicted octanol–water partition coefficient (Wildman–Crippen LogP) is 5.85. The fourth-order valence-corrected chi connectivity index (χ4v) is 3.67. The molecule has 0 amide bonds. The van der Waals surface area contributed by atoms with Gasteiger partial charge in [0, 0.05) is 0 Å². The van der Waals surface area contributed by atoms with Crippen LogP contribution in [0, 0.1) is 0 Å². The smallest absolute Gasteiger partial charge is 0.113 e. The van der Waals surface area contributed by atoms with Crippen molar-refractivity contribution in [2.45, 2.75) is 77.2 Å². The van der Waals surface area contributed by atoms with Gasteiger partial charge >= 0.3 is 0 Å². The Hall–Kier alpha value is -2.20. The Balaban J connectivity index is 1.45. The average molecular weight is 380 g/mol. The standard InChI is InChI=1S/C24H33N3O/c1-2-3-4-5-6-7-8-9-15-22(28)19-20-13-12-14-21(18-20)27-25-23-16-10-11-17-24(23)26-27/h10-14,16-18,22,28H,2-9,15,19H2,1H3. The van der Waals surface area contributed by atoms with Gasteiger partial charge in [0.15, 0.2) is 0 Å². The summed E-state index contributed by atoms with van der Waals surface area (Å²) in [6.07, 6.45) is 11.7. The highest BCUT2D eigenvalue weighted by Crippen LogP contribution is 2.16. The van der Waals surface area contributed by atoms with Gasteiger partial charge in [0.2, 0.25) is 0 Å². The zero-order chi connectivity index (χ0) is 19.6. The molecule has 1 atom stereocenters. The summed E-state index contributed by atoms with van der Waals surface area (Å²) in [7, 11) is 0. The van der Waals surface area contributed by atoms with Crippen molar-refractivity contribution in [2.24, 2.45) is 0 Å². The van der Waals surface area contributed by atoms with Gasteiger partial charge in [-0.05, 0) is 42.7 Å². The normalized spacial score (nSPS) is 12.5. The Morgan fingerprint density at radius 3 is 2.14 bits per heavy atom. The van der Waals surface area contributed by atoms with Gasteiger partial charge in [-0.25, -0.2) is 0 Å². The largest absolute Gasteiger partial charge is 0.393 e. The minimum absolute atomic E-state index is 0.278. The molecular weight excluding hydrogens is 346 g/mol. The summed E-state index contributed by atoms with van der Waals surface area (Å²) in [5.74, 6) is 0. The molecule has 3 aromatic rings. The molecule has 28 heavy (non-hydrogen) atoms. The monoisotopic (exact) mass is 379 g/mol. The fourth-order valence-electron chi connectivity index (χ4n) is 3.67. The zero-order valence-corrected chi connectivity index (χ0v) is 17.1. The topological polar surface area (TPSA) is 50.9 Å². The van der Waals surface area contributed by atoms with Crippen LogP contribution >= 0.6 is 0 Å². The molecule has 0 bridgehead atoms. The molecule has 0 fully saturated rings. The first-order chi connectivity index (χ1) is 13.8. The second kappa shape index (κ2) is 11.0. The number of aliphatic hydroxyl groups is 1. The lowest BCUT2D eigenvalue weighted by Gasteiger charge is -2.11. The van der Waals surface area contributed by atoms with E-state index in [0.29, 0.717) is 6.42 Å². The number of rotatable bonds is 12. The number of aromatic nitrogens is 3. The number of hydrogen-bond acceptors (Lipinski definition) is 3. The van der Waals surface area contributed by atoms with Gasteiger partial charge in [0.05, 0.1) is 11.8 Å². The lowest BCUT2D eigenvalue weighted by molar-refractivity contribution is 0.161. The number of unbranched alkanes of at least 4 members (excludes halogenated alkanes) is 7. The van der Waals surface area contributed by atoms with E-state index in [-0.39, 0.29) is 6.10 Å². The maximum absolute atomic E-state index is 10.4. The summed E-state index contributed by atoms with van der Waals surface area (Å²) in [5, 5.41) is 19.5. The second-order valence-electron chi connectivity index (χ2n) is 7.77. The maximum Gasteiger partial charge on any atom is 0.113 e. The predicted molar refractivity (Wildman–Crippen MR) is 116 cm³/mol. The van der Waals surface area contributed by atoms with Gasteiger partial charge in [0.1, 0.15) is 11.0 Å². The number of hydrogen-bond donors (Lipinski definition) is 1. The Morgan fingerprint density at radius 1 is 0.821 bits per heavy atom. The van der Waals surface area contributed by atoms with E-state index in [1.807, 2.05) is 36.4 Å². The molecule has 4 nitrogen and oxygen atoms in total. The maximum atomic E-state index is 10.4.